The molecule has 1 aliphatic rings. The summed E-state index contributed by atoms with van der Waals surface area (Å²) in [7, 11) is -0.409. The van der Waals surface area contributed by atoms with Gasteiger partial charge in [-0.3, -0.25) is 0 Å². The second kappa shape index (κ2) is 7.90. The average molecular weight is 372 g/mol. The minimum absolute atomic E-state index is 0.0641. The molecule has 0 radical (unpaired) electrons. The summed E-state index contributed by atoms with van der Waals surface area (Å²) in [6, 6.07) is 21.1. The number of hydrogen-bond donors (Lipinski definition) is 2. The van der Waals surface area contributed by atoms with Gasteiger partial charge < -0.3 is 19.8 Å². The van der Waals surface area contributed by atoms with Crippen molar-refractivity contribution in [2.45, 2.75) is 39.9 Å². The second-order valence-electron chi connectivity index (χ2n) is 7.76. The van der Waals surface area contributed by atoms with Crippen LogP contribution in [0.2, 0.25) is 0 Å². The Labute approximate surface area is 167 Å². The van der Waals surface area contributed by atoms with Crippen molar-refractivity contribution in [1.29, 1.82) is 0 Å². The first-order valence-electron chi connectivity index (χ1n) is 9.97. The van der Waals surface area contributed by atoms with Crippen LogP contribution in [0.4, 0.5) is 11.4 Å². The molecular weight excluding hydrogens is 346 g/mol. The Morgan fingerprint density at radius 1 is 0.750 bits per heavy atom. The van der Waals surface area contributed by atoms with E-state index >= 15 is 0 Å². The van der Waals surface area contributed by atoms with Gasteiger partial charge in [0.25, 0.3) is 0 Å². The molecule has 3 aromatic rings. The number of rotatable bonds is 6. The molecule has 3 aromatic carbocycles. The molecule has 4 nitrogen and oxygen atoms in total. The quantitative estimate of drug-likeness (QED) is 0.649. The van der Waals surface area contributed by atoms with Crippen LogP contribution < -0.4 is 21.4 Å². The van der Waals surface area contributed by atoms with Crippen LogP contribution in [-0.4, -0.2) is 26.3 Å². The summed E-state index contributed by atoms with van der Waals surface area (Å²) in [5.41, 5.74) is 4.44. The van der Waals surface area contributed by atoms with Crippen molar-refractivity contribution in [2.24, 2.45) is 0 Å². The standard InChI is InChI=1S/C22H26B2N2O2/c1-15(2)27-24(28-16(3)4)19-12-6-5-11-18(19)23-25-20-13-7-9-17-10-8-14-21(26-23)22(17)20/h5-16,25-26H,1-4H3. The first-order valence-corrected chi connectivity index (χ1v) is 9.97. The third kappa shape index (κ3) is 3.75. The minimum Gasteiger partial charge on any atom is -0.405 e. The minimum atomic E-state index is -0.409. The predicted molar refractivity (Wildman–Crippen MR) is 121 cm³/mol. The van der Waals surface area contributed by atoms with Crippen LogP contribution in [0.5, 0.6) is 0 Å². The van der Waals surface area contributed by atoms with E-state index in [1.165, 1.54) is 10.8 Å². The van der Waals surface area contributed by atoms with Crippen LogP contribution in [0.3, 0.4) is 0 Å². The molecule has 0 fully saturated rings. The van der Waals surface area contributed by atoms with E-state index < -0.39 is 7.12 Å². The Bertz CT molecular complexity index is 927. The molecule has 0 saturated heterocycles. The summed E-state index contributed by atoms with van der Waals surface area (Å²) in [6.45, 7) is 8.08. The van der Waals surface area contributed by atoms with Crippen molar-refractivity contribution in [3.8, 4) is 0 Å². The SMILES string of the molecule is CC(C)OB(OC(C)C)c1ccccc1B1Nc2cccc3cccc(c23)N1. The molecule has 142 valence electrons. The van der Waals surface area contributed by atoms with Crippen molar-refractivity contribution < 1.29 is 9.31 Å². The Morgan fingerprint density at radius 3 is 1.89 bits per heavy atom. The van der Waals surface area contributed by atoms with Gasteiger partial charge in [-0.1, -0.05) is 48.5 Å². The molecule has 0 aromatic heterocycles. The van der Waals surface area contributed by atoms with Gasteiger partial charge >= 0.3 is 14.1 Å². The highest BCUT2D eigenvalue weighted by Gasteiger charge is 2.33. The van der Waals surface area contributed by atoms with E-state index in [0.29, 0.717) is 0 Å². The van der Waals surface area contributed by atoms with Gasteiger partial charge in [0.05, 0.1) is 0 Å². The van der Waals surface area contributed by atoms with Gasteiger partial charge in [0.1, 0.15) is 0 Å². The molecule has 0 atom stereocenters. The highest BCUT2D eigenvalue weighted by molar-refractivity contribution is 6.85. The molecule has 2 N–H and O–H groups in total. The summed E-state index contributed by atoms with van der Waals surface area (Å²) in [6.07, 6.45) is 0.136. The Morgan fingerprint density at radius 2 is 1.32 bits per heavy atom. The number of hydrogen-bond acceptors (Lipinski definition) is 4. The van der Waals surface area contributed by atoms with Gasteiger partial charge in [-0.2, -0.15) is 0 Å². The monoisotopic (exact) mass is 372 g/mol. The van der Waals surface area contributed by atoms with E-state index in [4.69, 9.17) is 9.31 Å². The number of nitrogens with one attached hydrogen (secondary N) is 2. The van der Waals surface area contributed by atoms with E-state index in [9.17, 15) is 0 Å². The summed E-state index contributed by atoms with van der Waals surface area (Å²) < 4.78 is 12.3. The molecule has 0 bridgehead atoms. The molecule has 28 heavy (non-hydrogen) atoms. The van der Waals surface area contributed by atoms with Crippen LogP contribution in [-0.2, 0) is 9.31 Å². The first kappa shape index (κ1) is 18.9. The maximum absolute atomic E-state index is 6.13. The van der Waals surface area contributed by atoms with Gasteiger partial charge in [-0.05, 0) is 56.1 Å². The number of anilines is 2. The largest absolute Gasteiger partial charge is 0.493 e. The molecule has 6 heteroatoms. The van der Waals surface area contributed by atoms with E-state index in [2.05, 4.69) is 65.1 Å². The number of benzene rings is 3. The maximum atomic E-state index is 6.13. The summed E-state index contributed by atoms with van der Waals surface area (Å²) in [5.74, 6) is 0. The maximum Gasteiger partial charge on any atom is 0.493 e. The fourth-order valence-electron chi connectivity index (χ4n) is 3.75. The fraction of sp³-hybridized carbons (Fsp3) is 0.273. The molecule has 0 saturated carbocycles. The Balaban J connectivity index is 1.73. The average Bonchev–Trinajstić information content (AvgIpc) is 2.67. The zero-order chi connectivity index (χ0) is 19.7. The Kier molecular flexibility index (Phi) is 5.33. The summed E-state index contributed by atoms with van der Waals surface area (Å²) in [4.78, 5) is 0. The third-order valence-electron chi connectivity index (χ3n) is 4.86. The molecule has 4 rings (SSSR count). The topological polar surface area (TPSA) is 42.5 Å². The lowest BCUT2D eigenvalue weighted by molar-refractivity contribution is 0.139. The van der Waals surface area contributed by atoms with E-state index in [1.807, 2.05) is 33.8 Å². The molecular formula is C22H26B2N2O2. The van der Waals surface area contributed by atoms with Gasteiger partial charge in [0.2, 0.25) is 0 Å². The van der Waals surface area contributed by atoms with Crippen molar-refractivity contribution in [3.63, 3.8) is 0 Å². The van der Waals surface area contributed by atoms with Crippen LogP contribution in [0.25, 0.3) is 10.8 Å². The molecule has 0 aliphatic carbocycles. The Hall–Kier alpha value is -2.43. The molecule has 1 aliphatic heterocycles. The van der Waals surface area contributed by atoms with Crippen molar-refractivity contribution in [3.05, 3.63) is 60.7 Å². The third-order valence-corrected chi connectivity index (χ3v) is 4.86. The van der Waals surface area contributed by atoms with Crippen LogP contribution in [0, 0.1) is 0 Å². The lowest BCUT2D eigenvalue weighted by Gasteiger charge is -2.29. The van der Waals surface area contributed by atoms with E-state index in [0.717, 1.165) is 22.3 Å². The zero-order valence-corrected chi connectivity index (χ0v) is 16.9. The summed E-state index contributed by atoms with van der Waals surface area (Å²) in [5, 5.41) is 9.77. The highest BCUT2D eigenvalue weighted by atomic mass is 16.6. The van der Waals surface area contributed by atoms with Crippen LogP contribution in [0.15, 0.2) is 60.7 Å². The lowest BCUT2D eigenvalue weighted by Crippen LogP contribution is -2.59. The summed E-state index contributed by atoms with van der Waals surface area (Å²) >= 11 is 0. The predicted octanol–water partition coefficient (Wildman–Crippen LogP) is 3.62. The normalized spacial score (nSPS) is 13.0. The molecule has 0 amide bonds. The van der Waals surface area contributed by atoms with E-state index in [-0.39, 0.29) is 19.2 Å². The lowest BCUT2D eigenvalue weighted by atomic mass is 9.58. The van der Waals surface area contributed by atoms with E-state index in [1.54, 1.807) is 0 Å². The first-order chi connectivity index (χ1) is 13.5. The van der Waals surface area contributed by atoms with Gasteiger partial charge in [0, 0.05) is 29.0 Å². The zero-order valence-electron chi connectivity index (χ0n) is 16.9. The fourth-order valence-corrected chi connectivity index (χ4v) is 3.75. The van der Waals surface area contributed by atoms with Crippen molar-refractivity contribution in [2.75, 3.05) is 10.5 Å². The van der Waals surface area contributed by atoms with Gasteiger partial charge in [-0.15, -0.1) is 0 Å². The smallest absolute Gasteiger partial charge is 0.405 e. The highest BCUT2D eigenvalue weighted by Crippen LogP contribution is 2.33. The van der Waals surface area contributed by atoms with Crippen LogP contribution >= 0.6 is 0 Å². The van der Waals surface area contributed by atoms with Crippen LogP contribution in [0.1, 0.15) is 27.7 Å². The molecule has 0 spiro atoms. The second-order valence-corrected chi connectivity index (χ2v) is 7.76. The van der Waals surface area contributed by atoms with Crippen molar-refractivity contribution >= 4 is 47.2 Å². The van der Waals surface area contributed by atoms with Gasteiger partial charge in [-0.25, -0.2) is 0 Å². The van der Waals surface area contributed by atoms with Gasteiger partial charge in [0.15, 0.2) is 0 Å². The van der Waals surface area contributed by atoms with Crippen molar-refractivity contribution in [1.82, 2.24) is 0 Å². The molecule has 1 heterocycles. The molecule has 0 unspecified atom stereocenters.